The van der Waals surface area contributed by atoms with E-state index in [2.05, 4.69) is 0 Å². The Hall–Kier alpha value is -1.16. The summed E-state index contributed by atoms with van der Waals surface area (Å²) in [4.78, 5) is 12.2. The highest BCUT2D eigenvalue weighted by Gasteiger charge is 2.43. The van der Waals surface area contributed by atoms with E-state index in [0.29, 0.717) is 25.7 Å². The number of hydrogen-bond donors (Lipinski definition) is 1. The number of hydrogen-bond acceptors (Lipinski definition) is 3. The van der Waals surface area contributed by atoms with Crippen LogP contribution in [0.3, 0.4) is 0 Å². The molecule has 2 N–H and O–H groups in total. The Morgan fingerprint density at radius 3 is 2.89 bits per heavy atom. The molecular weight excluding hydrogens is 245 g/mol. The second kappa shape index (κ2) is 5.87. The number of carbonyl (C=O) groups is 1. The fourth-order valence-electron chi connectivity index (χ4n) is 3.28. The molecule has 2 aliphatic rings. The van der Waals surface area contributed by atoms with Gasteiger partial charge in [0, 0.05) is 12.5 Å². The van der Waals surface area contributed by atoms with Gasteiger partial charge >= 0.3 is 5.97 Å². The third-order valence-corrected chi connectivity index (χ3v) is 4.25. The molecule has 2 atom stereocenters. The molecule has 0 radical (unpaired) electrons. The van der Waals surface area contributed by atoms with Gasteiger partial charge in [-0.05, 0) is 38.2 Å². The van der Waals surface area contributed by atoms with Crippen LogP contribution in [0.5, 0.6) is 0 Å². The van der Waals surface area contributed by atoms with E-state index in [1.165, 1.54) is 13.2 Å². The Morgan fingerprint density at radius 1 is 1.53 bits per heavy atom. The molecule has 0 amide bonds. The summed E-state index contributed by atoms with van der Waals surface area (Å²) in [7, 11) is 1.43. The summed E-state index contributed by atoms with van der Waals surface area (Å²) in [5.74, 6) is -0.255. The van der Waals surface area contributed by atoms with Gasteiger partial charge in [-0.2, -0.15) is 0 Å². The van der Waals surface area contributed by atoms with Crippen LogP contribution in [0.25, 0.3) is 0 Å². The summed E-state index contributed by atoms with van der Waals surface area (Å²) >= 11 is 0. The zero-order valence-corrected chi connectivity index (χ0v) is 11.5. The smallest absolute Gasteiger partial charge is 0.312 e. The van der Waals surface area contributed by atoms with Crippen molar-refractivity contribution in [1.29, 1.82) is 0 Å². The van der Waals surface area contributed by atoms with Gasteiger partial charge in [0.25, 0.3) is 0 Å². The highest BCUT2D eigenvalue weighted by molar-refractivity contribution is 5.77. The molecule has 4 heteroatoms. The number of allylic oxidation sites excluding steroid dienone is 4. The van der Waals surface area contributed by atoms with Crippen LogP contribution in [0, 0.1) is 5.41 Å². The largest absolute Gasteiger partial charge is 0.469 e. The number of rotatable bonds is 3. The quantitative estimate of drug-likeness (QED) is 0.800. The molecule has 19 heavy (non-hydrogen) atoms. The van der Waals surface area contributed by atoms with Crippen molar-refractivity contribution in [1.82, 2.24) is 0 Å². The van der Waals surface area contributed by atoms with E-state index in [0.717, 1.165) is 24.8 Å². The molecule has 2 aliphatic carbocycles. The minimum atomic E-state index is -0.500. The molecule has 2 unspecified atom stereocenters. The molecule has 1 fully saturated rings. The second-order valence-electron chi connectivity index (χ2n) is 5.74. The Morgan fingerprint density at radius 2 is 2.32 bits per heavy atom. The predicted octanol–water partition coefficient (Wildman–Crippen LogP) is 3.01. The molecule has 0 spiro atoms. The third-order valence-electron chi connectivity index (χ3n) is 4.25. The number of nitrogens with two attached hydrogens (primary N) is 1. The van der Waals surface area contributed by atoms with Gasteiger partial charge < -0.3 is 10.5 Å². The summed E-state index contributed by atoms with van der Waals surface area (Å²) in [6.45, 7) is 0. The number of methoxy groups -OCH3 is 1. The molecule has 106 valence electrons. The lowest BCUT2D eigenvalue weighted by Gasteiger charge is -2.38. The van der Waals surface area contributed by atoms with Crippen LogP contribution in [0.1, 0.15) is 44.9 Å². The van der Waals surface area contributed by atoms with Gasteiger partial charge in [-0.25, -0.2) is 4.39 Å². The SMILES string of the molecule is COC(=O)C1(CC2=CC=C(F)CC2)CCCC(N)C1. The molecule has 0 aromatic rings. The number of ether oxygens (including phenoxy) is 1. The number of esters is 1. The van der Waals surface area contributed by atoms with Gasteiger partial charge in [-0.15, -0.1) is 0 Å². The first-order valence-electron chi connectivity index (χ1n) is 6.94. The average Bonchev–Trinajstić information content (AvgIpc) is 2.40. The summed E-state index contributed by atoms with van der Waals surface area (Å²) < 4.78 is 18.0. The van der Waals surface area contributed by atoms with Gasteiger partial charge in [0.2, 0.25) is 0 Å². The monoisotopic (exact) mass is 267 g/mol. The van der Waals surface area contributed by atoms with Gasteiger partial charge in [0.15, 0.2) is 0 Å². The lowest BCUT2D eigenvalue weighted by atomic mass is 9.68. The fraction of sp³-hybridized carbons (Fsp3) is 0.667. The first kappa shape index (κ1) is 14.3. The average molecular weight is 267 g/mol. The lowest BCUT2D eigenvalue weighted by Crippen LogP contribution is -2.42. The standard InChI is InChI=1S/C15H22FNO2/c1-19-14(18)15(8-2-3-13(17)10-15)9-11-4-6-12(16)7-5-11/h4,6,13H,2-3,5,7-10,17H2,1H3. The van der Waals surface area contributed by atoms with E-state index < -0.39 is 5.41 Å². The van der Waals surface area contributed by atoms with Crippen LogP contribution in [0.15, 0.2) is 23.6 Å². The summed E-state index contributed by atoms with van der Waals surface area (Å²) in [5.41, 5.74) is 6.66. The van der Waals surface area contributed by atoms with Crippen molar-refractivity contribution >= 4 is 5.97 Å². The molecule has 3 nitrogen and oxygen atoms in total. The third kappa shape index (κ3) is 3.24. The molecule has 0 aliphatic heterocycles. The van der Waals surface area contributed by atoms with Crippen molar-refractivity contribution in [2.75, 3.05) is 7.11 Å². The lowest BCUT2D eigenvalue weighted by molar-refractivity contribution is -0.155. The maximum atomic E-state index is 13.0. The van der Waals surface area contributed by atoms with E-state index in [9.17, 15) is 9.18 Å². The fourth-order valence-corrected chi connectivity index (χ4v) is 3.28. The molecule has 2 rings (SSSR count). The highest BCUT2D eigenvalue weighted by atomic mass is 19.1. The molecular formula is C15H22FNO2. The first-order chi connectivity index (χ1) is 9.05. The normalized spacial score (nSPS) is 31.4. The van der Waals surface area contributed by atoms with Crippen molar-refractivity contribution in [3.8, 4) is 0 Å². The summed E-state index contributed by atoms with van der Waals surface area (Å²) in [6, 6.07) is 0.0596. The highest BCUT2D eigenvalue weighted by Crippen LogP contribution is 2.43. The Balaban J connectivity index is 2.17. The number of halogens is 1. The summed E-state index contributed by atoms with van der Waals surface area (Å²) in [5, 5.41) is 0. The Kier molecular flexibility index (Phi) is 4.40. The van der Waals surface area contributed by atoms with Crippen LogP contribution in [-0.4, -0.2) is 19.1 Å². The molecule has 1 saturated carbocycles. The zero-order valence-electron chi connectivity index (χ0n) is 11.5. The Labute approximate surface area is 113 Å². The predicted molar refractivity (Wildman–Crippen MR) is 72.0 cm³/mol. The van der Waals surface area contributed by atoms with Gasteiger partial charge in [-0.1, -0.05) is 18.1 Å². The topological polar surface area (TPSA) is 52.3 Å². The van der Waals surface area contributed by atoms with Crippen molar-refractivity contribution in [2.24, 2.45) is 11.1 Å². The van der Waals surface area contributed by atoms with Crippen LogP contribution in [0.4, 0.5) is 4.39 Å². The van der Waals surface area contributed by atoms with Crippen molar-refractivity contribution in [3.05, 3.63) is 23.6 Å². The number of carbonyl (C=O) groups excluding carboxylic acids is 1. The van der Waals surface area contributed by atoms with E-state index in [-0.39, 0.29) is 17.8 Å². The van der Waals surface area contributed by atoms with Gasteiger partial charge in [-0.3, -0.25) is 4.79 Å². The van der Waals surface area contributed by atoms with Crippen LogP contribution < -0.4 is 5.73 Å². The zero-order chi connectivity index (χ0) is 13.9. The van der Waals surface area contributed by atoms with Crippen molar-refractivity contribution in [3.63, 3.8) is 0 Å². The second-order valence-corrected chi connectivity index (χ2v) is 5.74. The molecule has 0 heterocycles. The van der Waals surface area contributed by atoms with Crippen molar-refractivity contribution < 1.29 is 13.9 Å². The van der Waals surface area contributed by atoms with Gasteiger partial charge in [0.05, 0.1) is 12.5 Å². The van der Waals surface area contributed by atoms with E-state index in [1.807, 2.05) is 6.08 Å². The molecule has 0 aromatic carbocycles. The minimum Gasteiger partial charge on any atom is -0.469 e. The van der Waals surface area contributed by atoms with Crippen LogP contribution in [0.2, 0.25) is 0 Å². The molecule has 0 bridgehead atoms. The maximum Gasteiger partial charge on any atom is 0.312 e. The minimum absolute atomic E-state index is 0.0596. The first-order valence-corrected chi connectivity index (χ1v) is 6.94. The van der Waals surface area contributed by atoms with E-state index in [1.54, 1.807) is 0 Å². The molecule has 0 aromatic heterocycles. The van der Waals surface area contributed by atoms with Crippen LogP contribution in [-0.2, 0) is 9.53 Å². The molecule has 0 saturated heterocycles. The van der Waals surface area contributed by atoms with Gasteiger partial charge in [0.1, 0.15) is 5.83 Å². The van der Waals surface area contributed by atoms with E-state index in [4.69, 9.17) is 10.5 Å². The maximum absolute atomic E-state index is 13.0. The summed E-state index contributed by atoms with van der Waals surface area (Å²) in [6.07, 6.45) is 8.50. The van der Waals surface area contributed by atoms with E-state index >= 15 is 0 Å². The van der Waals surface area contributed by atoms with Crippen molar-refractivity contribution in [2.45, 2.75) is 51.0 Å². The van der Waals surface area contributed by atoms with Crippen LogP contribution >= 0.6 is 0 Å². The Bertz CT molecular complexity index is 416.